The minimum absolute atomic E-state index is 0.351. The van der Waals surface area contributed by atoms with E-state index in [4.69, 9.17) is 25.8 Å². The molecule has 3 aromatic rings. The highest BCUT2D eigenvalue weighted by Crippen LogP contribution is 2.36. The minimum atomic E-state index is 0.351. The zero-order valence-corrected chi connectivity index (χ0v) is 17.8. The van der Waals surface area contributed by atoms with Crippen molar-refractivity contribution in [1.82, 2.24) is 20.1 Å². The van der Waals surface area contributed by atoms with Gasteiger partial charge in [0.05, 0.1) is 32.6 Å². The molecule has 0 N–H and O–H groups in total. The zero-order valence-electron chi connectivity index (χ0n) is 17.0. The van der Waals surface area contributed by atoms with Gasteiger partial charge in [-0.15, -0.1) is 5.10 Å². The Bertz CT molecular complexity index is 981. The molecule has 1 aliphatic heterocycles. The summed E-state index contributed by atoms with van der Waals surface area (Å²) in [5, 5.41) is 10.5. The second-order valence-electron chi connectivity index (χ2n) is 7.17. The van der Waals surface area contributed by atoms with Crippen LogP contribution in [0, 0.1) is 0 Å². The first-order valence-corrected chi connectivity index (χ1v) is 10.5. The molecular weight excluding hydrogens is 404 g/mol. The lowest BCUT2D eigenvalue weighted by Gasteiger charge is -2.26. The number of aromatic nitrogens is 3. The number of halogens is 1. The Morgan fingerprint density at radius 1 is 1.07 bits per heavy atom. The first kappa shape index (κ1) is 20.8. The predicted octanol–water partition coefficient (Wildman–Crippen LogP) is 3.38. The van der Waals surface area contributed by atoms with Crippen LogP contribution in [-0.4, -0.2) is 66.6 Å². The Morgan fingerprint density at radius 2 is 1.83 bits per heavy atom. The van der Waals surface area contributed by atoms with Gasteiger partial charge in [0.1, 0.15) is 0 Å². The van der Waals surface area contributed by atoms with Crippen molar-refractivity contribution in [2.75, 3.05) is 46.6 Å². The summed E-state index contributed by atoms with van der Waals surface area (Å²) in [5.41, 5.74) is 1.93. The molecule has 158 valence electrons. The number of fused-ring (bicyclic) bond motifs is 1. The molecule has 0 bridgehead atoms. The molecule has 1 fully saturated rings. The van der Waals surface area contributed by atoms with Gasteiger partial charge in [0.25, 0.3) is 0 Å². The van der Waals surface area contributed by atoms with E-state index in [0.29, 0.717) is 29.7 Å². The normalized spacial score (nSPS) is 14.7. The molecule has 1 saturated heterocycles. The molecule has 0 aliphatic carbocycles. The Hall–Kier alpha value is -2.48. The van der Waals surface area contributed by atoms with E-state index in [0.717, 1.165) is 61.3 Å². The van der Waals surface area contributed by atoms with E-state index in [1.54, 1.807) is 19.5 Å². The monoisotopic (exact) mass is 428 g/mol. The number of ether oxygens (including phenoxy) is 3. The molecule has 3 heterocycles. The highest BCUT2D eigenvalue weighted by molar-refractivity contribution is 6.34. The number of methoxy groups -OCH3 is 1. The van der Waals surface area contributed by atoms with Crippen LogP contribution >= 0.6 is 11.6 Å². The molecule has 30 heavy (non-hydrogen) atoms. The molecule has 2 aromatic heterocycles. The Kier molecular flexibility index (Phi) is 6.94. The molecule has 1 aliphatic rings. The van der Waals surface area contributed by atoms with Crippen LogP contribution in [-0.2, 0) is 11.2 Å². The molecule has 8 heteroatoms. The van der Waals surface area contributed by atoms with E-state index in [1.165, 1.54) is 0 Å². The van der Waals surface area contributed by atoms with Gasteiger partial charge in [-0.05, 0) is 36.2 Å². The number of morpholine rings is 1. The maximum Gasteiger partial charge on any atom is 0.161 e. The van der Waals surface area contributed by atoms with Crippen LogP contribution in [0.5, 0.6) is 11.5 Å². The second kappa shape index (κ2) is 10.0. The van der Waals surface area contributed by atoms with Crippen LogP contribution in [0.25, 0.3) is 10.8 Å². The number of benzene rings is 1. The van der Waals surface area contributed by atoms with Gasteiger partial charge in [-0.2, -0.15) is 5.10 Å². The molecule has 0 radical (unpaired) electrons. The summed E-state index contributed by atoms with van der Waals surface area (Å²) in [6.45, 7) is 5.16. The standard InChI is InChI=1S/C22H25ClN4O3/c1-28-20-14-17-18(15-21(20)30-10-2-7-27-8-11-29-12-9-27)22(23)26-25-19(17)13-16-3-5-24-6-4-16/h3-6,14-15H,2,7-13H2,1H3. The fourth-order valence-electron chi connectivity index (χ4n) is 3.57. The summed E-state index contributed by atoms with van der Waals surface area (Å²) in [6, 6.07) is 7.76. The van der Waals surface area contributed by atoms with Gasteiger partial charge < -0.3 is 14.2 Å². The molecule has 0 unspecified atom stereocenters. The number of pyridine rings is 1. The van der Waals surface area contributed by atoms with Crippen molar-refractivity contribution in [3.63, 3.8) is 0 Å². The zero-order chi connectivity index (χ0) is 20.8. The van der Waals surface area contributed by atoms with Gasteiger partial charge in [0, 0.05) is 49.2 Å². The molecule has 0 spiro atoms. The summed E-state index contributed by atoms with van der Waals surface area (Å²) in [5.74, 6) is 1.32. The fraction of sp³-hybridized carbons (Fsp3) is 0.409. The van der Waals surface area contributed by atoms with Gasteiger partial charge in [0.15, 0.2) is 16.7 Å². The van der Waals surface area contributed by atoms with Gasteiger partial charge in [-0.25, -0.2) is 0 Å². The van der Waals surface area contributed by atoms with Crippen molar-refractivity contribution >= 4 is 22.4 Å². The van der Waals surface area contributed by atoms with Crippen LogP contribution < -0.4 is 9.47 Å². The Balaban J connectivity index is 1.51. The lowest BCUT2D eigenvalue weighted by molar-refractivity contribution is 0.0357. The molecule has 7 nitrogen and oxygen atoms in total. The van der Waals surface area contributed by atoms with Crippen LogP contribution in [0.2, 0.25) is 5.15 Å². The highest BCUT2D eigenvalue weighted by Gasteiger charge is 2.15. The van der Waals surface area contributed by atoms with E-state index < -0.39 is 0 Å². The maximum absolute atomic E-state index is 6.36. The fourth-order valence-corrected chi connectivity index (χ4v) is 3.77. The molecule has 0 amide bonds. The number of rotatable bonds is 8. The molecule has 0 saturated carbocycles. The SMILES string of the molecule is COc1cc2c(Cc3ccncc3)nnc(Cl)c2cc1OCCCN1CCOCC1. The summed E-state index contributed by atoms with van der Waals surface area (Å²) in [4.78, 5) is 6.46. The molecule has 0 atom stereocenters. The number of nitrogens with zero attached hydrogens (tertiary/aromatic N) is 4. The van der Waals surface area contributed by atoms with Crippen LogP contribution in [0.1, 0.15) is 17.7 Å². The lowest BCUT2D eigenvalue weighted by Crippen LogP contribution is -2.37. The first-order valence-electron chi connectivity index (χ1n) is 10.1. The van der Waals surface area contributed by atoms with Gasteiger partial charge in [-0.1, -0.05) is 11.6 Å². The second-order valence-corrected chi connectivity index (χ2v) is 7.53. The van der Waals surface area contributed by atoms with Gasteiger partial charge in [0.2, 0.25) is 0 Å². The van der Waals surface area contributed by atoms with Crippen molar-refractivity contribution < 1.29 is 14.2 Å². The number of hydrogen-bond donors (Lipinski definition) is 0. The first-order chi connectivity index (χ1) is 14.7. The van der Waals surface area contributed by atoms with Crippen molar-refractivity contribution in [2.24, 2.45) is 0 Å². The average Bonchev–Trinajstić information content (AvgIpc) is 2.79. The van der Waals surface area contributed by atoms with Crippen LogP contribution in [0.15, 0.2) is 36.7 Å². The van der Waals surface area contributed by atoms with Crippen molar-refractivity contribution in [3.8, 4) is 11.5 Å². The Labute approximate surface area is 180 Å². The van der Waals surface area contributed by atoms with Crippen LogP contribution in [0.4, 0.5) is 0 Å². The molecule has 4 rings (SSSR count). The highest BCUT2D eigenvalue weighted by atomic mass is 35.5. The van der Waals surface area contributed by atoms with Crippen molar-refractivity contribution in [3.05, 3.63) is 53.1 Å². The van der Waals surface area contributed by atoms with Gasteiger partial charge >= 0.3 is 0 Å². The topological polar surface area (TPSA) is 69.6 Å². The van der Waals surface area contributed by atoms with Gasteiger partial charge in [-0.3, -0.25) is 9.88 Å². The largest absolute Gasteiger partial charge is 0.493 e. The third-order valence-electron chi connectivity index (χ3n) is 5.20. The predicted molar refractivity (Wildman–Crippen MR) is 116 cm³/mol. The van der Waals surface area contributed by atoms with Crippen LogP contribution in [0.3, 0.4) is 0 Å². The third kappa shape index (κ3) is 4.98. The summed E-state index contributed by atoms with van der Waals surface area (Å²) in [6.07, 6.45) is 5.09. The lowest BCUT2D eigenvalue weighted by atomic mass is 10.0. The average molecular weight is 429 g/mol. The summed E-state index contributed by atoms with van der Waals surface area (Å²) in [7, 11) is 1.64. The molecular formula is C22H25ClN4O3. The molecule has 1 aromatic carbocycles. The Morgan fingerprint density at radius 3 is 2.60 bits per heavy atom. The van der Waals surface area contributed by atoms with E-state index in [2.05, 4.69) is 20.1 Å². The maximum atomic E-state index is 6.36. The van der Waals surface area contributed by atoms with E-state index >= 15 is 0 Å². The van der Waals surface area contributed by atoms with Crippen molar-refractivity contribution in [1.29, 1.82) is 0 Å². The van der Waals surface area contributed by atoms with E-state index in [1.807, 2.05) is 24.3 Å². The van der Waals surface area contributed by atoms with Crippen molar-refractivity contribution in [2.45, 2.75) is 12.8 Å². The third-order valence-corrected chi connectivity index (χ3v) is 5.48. The summed E-state index contributed by atoms with van der Waals surface area (Å²) >= 11 is 6.36. The van der Waals surface area contributed by atoms with E-state index in [-0.39, 0.29) is 0 Å². The van der Waals surface area contributed by atoms with E-state index in [9.17, 15) is 0 Å². The number of hydrogen-bond acceptors (Lipinski definition) is 7. The summed E-state index contributed by atoms with van der Waals surface area (Å²) < 4.78 is 17.0. The quantitative estimate of drug-likeness (QED) is 0.509. The minimum Gasteiger partial charge on any atom is -0.493 e. The smallest absolute Gasteiger partial charge is 0.161 e.